The van der Waals surface area contributed by atoms with Crippen molar-refractivity contribution in [3.05, 3.63) is 83.9 Å². The summed E-state index contributed by atoms with van der Waals surface area (Å²) in [7, 11) is 3.17. The Morgan fingerprint density at radius 3 is 2.13 bits per heavy atom. The Kier molecular flexibility index (Phi) is 7.63. The van der Waals surface area contributed by atoms with E-state index < -0.39 is 0 Å². The number of para-hydroxylation sites is 1. The number of anilines is 1. The van der Waals surface area contributed by atoms with E-state index in [4.69, 9.17) is 26.4 Å². The maximum Gasteiger partial charge on any atom is 0.203 e. The zero-order valence-electron chi connectivity index (χ0n) is 16.8. The van der Waals surface area contributed by atoms with E-state index in [1.165, 1.54) is 0 Å². The van der Waals surface area contributed by atoms with Crippen molar-refractivity contribution in [2.24, 2.45) is 5.10 Å². The molecule has 0 heterocycles. The van der Waals surface area contributed by atoms with Crippen LogP contribution in [0.25, 0.3) is 0 Å². The van der Waals surface area contributed by atoms with Gasteiger partial charge in [0.1, 0.15) is 6.61 Å². The average Bonchev–Trinajstić information content (AvgIpc) is 2.78. The topological polar surface area (TPSA) is 64.1 Å². The predicted molar refractivity (Wildman–Crippen MR) is 124 cm³/mol. The van der Waals surface area contributed by atoms with Crippen LogP contribution in [0, 0.1) is 0 Å². The summed E-state index contributed by atoms with van der Waals surface area (Å²) in [5.74, 6) is 1.64. The first-order valence-electron chi connectivity index (χ1n) is 9.27. The molecule has 0 atom stereocenters. The van der Waals surface area contributed by atoms with E-state index in [1.807, 2.05) is 72.8 Å². The highest BCUT2D eigenvalue weighted by Gasteiger charge is 2.14. The van der Waals surface area contributed by atoms with Crippen molar-refractivity contribution >= 4 is 29.2 Å². The predicted octanol–water partition coefficient (Wildman–Crippen LogP) is 4.60. The minimum atomic E-state index is 0.388. The smallest absolute Gasteiger partial charge is 0.203 e. The third-order valence-electron chi connectivity index (χ3n) is 4.12. The molecule has 0 amide bonds. The molecule has 0 aliphatic carbocycles. The van der Waals surface area contributed by atoms with Gasteiger partial charge in [0.15, 0.2) is 16.6 Å². The van der Waals surface area contributed by atoms with Gasteiger partial charge in [-0.1, -0.05) is 48.5 Å². The van der Waals surface area contributed by atoms with Crippen molar-refractivity contribution in [3.63, 3.8) is 0 Å². The molecule has 154 valence electrons. The maximum absolute atomic E-state index is 5.96. The summed E-state index contributed by atoms with van der Waals surface area (Å²) < 4.78 is 17.0. The van der Waals surface area contributed by atoms with Gasteiger partial charge in [-0.3, -0.25) is 5.43 Å². The summed E-state index contributed by atoms with van der Waals surface area (Å²) in [6.07, 6.45) is 1.63. The normalized spacial score (nSPS) is 10.5. The van der Waals surface area contributed by atoms with E-state index in [1.54, 1.807) is 20.4 Å². The molecule has 7 heteroatoms. The molecule has 0 bridgehead atoms. The molecular formula is C23H23N3O3S. The molecule has 30 heavy (non-hydrogen) atoms. The van der Waals surface area contributed by atoms with Gasteiger partial charge in [0.25, 0.3) is 0 Å². The fourth-order valence-corrected chi connectivity index (χ4v) is 2.86. The first-order valence-corrected chi connectivity index (χ1v) is 9.68. The Balaban J connectivity index is 1.67. The van der Waals surface area contributed by atoms with Crippen molar-refractivity contribution in [2.75, 3.05) is 19.5 Å². The fourth-order valence-electron chi connectivity index (χ4n) is 2.69. The van der Waals surface area contributed by atoms with Crippen LogP contribution >= 0.6 is 12.2 Å². The summed E-state index contributed by atoms with van der Waals surface area (Å²) in [6.45, 7) is 0.405. The van der Waals surface area contributed by atoms with Gasteiger partial charge in [-0.2, -0.15) is 5.10 Å². The number of nitrogens with one attached hydrogen (secondary N) is 2. The summed E-state index contributed by atoms with van der Waals surface area (Å²) in [5, 5.41) is 7.62. The Morgan fingerprint density at radius 1 is 0.933 bits per heavy atom. The molecule has 0 aromatic heterocycles. The summed E-state index contributed by atoms with van der Waals surface area (Å²) >= 11 is 5.25. The van der Waals surface area contributed by atoms with E-state index in [-0.39, 0.29) is 0 Å². The minimum Gasteiger partial charge on any atom is -0.493 e. The number of ether oxygens (including phenoxy) is 3. The van der Waals surface area contributed by atoms with Gasteiger partial charge < -0.3 is 19.5 Å². The van der Waals surface area contributed by atoms with Crippen LogP contribution in [0.2, 0.25) is 0 Å². The highest BCUT2D eigenvalue weighted by molar-refractivity contribution is 7.80. The van der Waals surface area contributed by atoms with E-state index in [9.17, 15) is 0 Å². The van der Waals surface area contributed by atoms with Crippen LogP contribution in [-0.4, -0.2) is 25.5 Å². The molecule has 0 saturated heterocycles. The van der Waals surface area contributed by atoms with Gasteiger partial charge >= 0.3 is 0 Å². The molecule has 0 aliphatic rings. The number of rotatable bonds is 8. The number of hydrogen-bond donors (Lipinski definition) is 2. The van der Waals surface area contributed by atoms with Gasteiger partial charge in [0, 0.05) is 11.3 Å². The average molecular weight is 422 g/mol. The number of hydrazone groups is 1. The van der Waals surface area contributed by atoms with Gasteiger partial charge in [-0.25, -0.2) is 0 Å². The van der Waals surface area contributed by atoms with Crippen LogP contribution in [0.5, 0.6) is 17.2 Å². The van der Waals surface area contributed by atoms with Crippen molar-refractivity contribution in [2.45, 2.75) is 6.61 Å². The van der Waals surface area contributed by atoms with Crippen LogP contribution in [-0.2, 0) is 6.61 Å². The van der Waals surface area contributed by atoms with Crippen LogP contribution in [0.15, 0.2) is 77.9 Å². The number of nitrogens with zero attached hydrogens (tertiary/aromatic N) is 1. The quantitative estimate of drug-likeness (QED) is 0.315. The zero-order chi connectivity index (χ0) is 21.2. The summed E-state index contributed by atoms with van der Waals surface area (Å²) in [5.41, 5.74) is 5.50. The molecule has 3 aromatic rings. The van der Waals surface area contributed by atoms with Crippen LogP contribution in [0.1, 0.15) is 11.1 Å². The first-order chi connectivity index (χ1) is 14.7. The lowest BCUT2D eigenvalue weighted by atomic mass is 10.2. The molecule has 0 unspecified atom stereocenters. The van der Waals surface area contributed by atoms with Crippen molar-refractivity contribution < 1.29 is 14.2 Å². The molecule has 0 fully saturated rings. The lowest BCUT2D eigenvalue weighted by Gasteiger charge is -2.15. The second-order valence-corrected chi connectivity index (χ2v) is 6.63. The molecule has 0 spiro atoms. The number of hydrogen-bond acceptors (Lipinski definition) is 5. The first kappa shape index (κ1) is 21.1. The van der Waals surface area contributed by atoms with Gasteiger partial charge in [0.05, 0.1) is 20.4 Å². The Hall–Kier alpha value is -3.58. The minimum absolute atomic E-state index is 0.388. The molecule has 0 aliphatic heterocycles. The van der Waals surface area contributed by atoms with Gasteiger partial charge in [-0.15, -0.1) is 0 Å². The summed E-state index contributed by atoms with van der Waals surface area (Å²) in [6, 6.07) is 23.2. The zero-order valence-corrected chi connectivity index (χ0v) is 17.6. The fraction of sp³-hybridized carbons (Fsp3) is 0.130. The van der Waals surface area contributed by atoms with E-state index in [0.717, 1.165) is 16.8 Å². The highest BCUT2D eigenvalue weighted by Crippen LogP contribution is 2.38. The second-order valence-electron chi connectivity index (χ2n) is 6.22. The van der Waals surface area contributed by atoms with E-state index >= 15 is 0 Å². The highest BCUT2D eigenvalue weighted by atomic mass is 32.1. The van der Waals surface area contributed by atoms with E-state index in [0.29, 0.717) is 29.0 Å². The standard InChI is InChI=1S/C23H23N3O3S/c1-27-20-13-18(15-24-26-23(30)25-19-11-7-4-8-12-19)14-21(28-2)22(20)29-16-17-9-5-3-6-10-17/h3-15H,16H2,1-2H3,(H2,25,26,30)/b24-15+. The molecule has 3 rings (SSSR count). The molecular weight excluding hydrogens is 398 g/mol. The Bertz CT molecular complexity index is 970. The van der Waals surface area contributed by atoms with Crippen LogP contribution in [0.3, 0.4) is 0 Å². The number of methoxy groups -OCH3 is 2. The van der Waals surface area contributed by atoms with Gasteiger partial charge in [-0.05, 0) is 42.0 Å². The van der Waals surface area contributed by atoms with Crippen LogP contribution < -0.4 is 25.0 Å². The molecule has 3 aromatic carbocycles. The van der Waals surface area contributed by atoms with Gasteiger partial charge in [0.2, 0.25) is 5.75 Å². The number of thiocarbonyl (C=S) groups is 1. The van der Waals surface area contributed by atoms with Crippen LogP contribution in [0.4, 0.5) is 5.69 Å². The largest absolute Gasteiger partial charge is 0.493 e. The number of benzene rings is 3. The Labute approximate surface area is 181 Å². The monoisotopic (exact) mass is 421 g/mol. The van der Waals surface area contributed by atoms with Crippen molar-refractivity contribution in [1.29, 1.82) is 0 Å². The SMILES string of the molecule is COc1cc(/C=N/NC(=S)Nc2ccccc2)cc(OC)c1OCc1ccccc1. The van der Waals surface area contributed by atoms with E-state index in [2.05, 4.69) is 15.8 Å². The second kappa shape index (κ2) is 10.8. The Morgan fingerprint density at radius 2 is 1.53 bits per heavy atom. The molecule has 6 nitrogen and oxygen atoms in total. The lowest BCUT2D eigenvalue weighted by Crippen LogP contribution is -2.23. The van der Waals surface area contributed by atoms with Crippen molar-refractivity contribution in [1.82, 2.24) is 5.43 Å². The molecule has 2 N–H and O–H groups in total. The van der Waals surface area contributed by atoms with Crippen molar-refractivity contribution in [3.8, 4) is 17.2 Å². The molecule has 0 saturated carbocycles. The molecule has 0 radical (unpaired) electrons. The third kappa shape index (κ3) is 5.96. The maximum atomic E-state index is 5.96. The third-order valence-corrected chi connectivity index (χ3v) is 4.31. The summed E-state index contributed by atoms with van der Waals surface area (Å²) in [4.78, 5) is 0. The lowest BCUT2D eigenvalue weighted by molar-refractivity contribution is 0.266.